The Hall–Kier alpha value is -1.49. The molecule has 0 N–H and O–H groups in total. The molecule has 0 radical (unpaired) electrons. The molecule has 2 aromatic rings. The van der Waals surface area contributed by atoms with Gasteiger partial charge in [0.25, 0.3) is 0 Å². The summed E-state index contributed by atoms with van der Waals surface area (Å²) in [6.07, 6.45) is 1.27. The van der Waals surface area contributed by atoms with Crippen LogP contribution in [0.15, 0.2) is 28.9 Å². The van der Waals surface area contributed by atoms with Crippen molar-refractivity contribution >= 4 is 32.8 Å². The lowest BCUT2D eigenvalue weighted by molar-refractivity contribution is 0.0525. The highest BCUT2D eigenvalue weighted by molar-refractivity contribution is 9.10. The Morgan fingerprint density at radius 2 is 2.00 bits per heavy atom. The molecule has 0 saturated carbocycles. The third-order valence-corrected chi connectivity index (χ3v) is 3.01. The van der Waals surface area contributed by atoms with E-state index in [1.807, 2.05) is 39.0 Å². The van der Waals surface area contributed by atoms with E-state index in [1.54, 1.807) is 6.20 Å². The van der Waals surface area contributed by atoms with Crippen molar-refractivity contribution in [2.24, 2.45) is 0 Å². The van der Waals surface area contributed by atoms with Gasteiger partial charge in [0.1, 0.15) is 5.60 Å². The zero-order valence-corrected chi connectivity index (χ0v) is 12.9. The Bertz CT molecular complexity index is 625. The standard InChI is InChI=1S/C14H16BrNO3/c1-14(2,3)19-13(17)16-8-9-7-10(15)5-6-11(9)12(16)18-4/h5-8H,1-4H3. The number of fused-ring (bicyclic) bond motifs is 1. The molecule has 0 aliphatic carbocycles. The third kappa shape index (κ3) is 2.92. The van der Waals surface area contributed by atoms with Gasteiger partial charge in [-0.1, -0.05) is 15.9 Å². The van der Waals surface area contributed by atoms with Gasteiger partial charge in [0.05, 0.1) is 7.11 Å². The number of aromatic nitrogens is 1. The number of methoxy groups -OCH3 is 1. The lowest BCUT2D eigenvalue weighted by Gasteiger charge is -2.20. The molecule has 0 amide bonds. The number of hydrogen-bond donors (Lipinski definition) is 0. The van der Waals surface area contributed by atoms with Gasteiger partial charge < -0.3 is 9.47 Å². The third-order valence-electron chi connectivity index (χ3n) is 2.51. The first-order chi connectivity index (χ1) is 8.81. The van der Waals surface area contributed by atoms with Crippen molar-refractivity contribution in [2.75, 3.05) is 7.11 Å². The Kier molecular flexibility index (Phi) is 3.58. The summed E-state index contributed by atoms with van der Waals surface area (Å²) in [4.78, 5) is 12.1. The van der Waals surface area contributed by atoms with Gasteiger partial charge in [0.2, 0.25) is 5.88 Å². The number of ether oxygens (including phenoxy) is 2. The number of rotatable bonds is 1. The van der Waals surface area contributed by atoms with E-state index in [0.717, 1.165) is 15.2 Å². The summed E-state index contributed by atoms with van der Waals surface area (Å²) in [6, 6.07) is 5.74. The maximum absolute atomic E-state index is 12.1. The molecule has 0 unspecified atom stereocenters. The second-order valence-electron chi connectivity index (χ2n) is 5.22. The van der Waals surface area contributed by atoms with E-state index in [2.05, 4.69) is 15.9 Å². The van der Waals surface area contributed by atoms with E-state index in [4.69, 9.17) is 9.47 Å². The molecular formula is C14H16BrNO3. The first kappa shape index (κ1) is 13.9. The SMILES string of the molecule is COc1c2ccc(Br)cc2cn1C(=O)OC(C)(C)C. The van der Waals surface area contributed by atoms with E-state index >= 15 is 0 Å². The monoisotopic (exact) mass is 325 g/mol. The molecule has 0 saturated heterocycles. The summed E-state index contributed by atoms with van der Waals surface area (Å²) < 4.78 is 13.0. The van der Waals surface area contributed by atoms with Gasteiger partial charge in [0.15, 0.2) is 0 Å². The zero-order valence-electron chi connectivity index (χ0n) is 11.4. The first-order valence-corrected chi connectivity index (χ1v) is 6.69. The highest BCUT2D eigenvalue weighted by Crippen LogP contribution is 2.30. The summed E-state index contributed by atoms with van der Waals surface area (Å²) in [6.45, 7) is 5.49. The van der Waals surface area contributed by atoms with Crippen molar-refractivity contribution in [2.45, 2.75) is 26.4 Å². The summed E-state index contributed by atoms with van der Waals surface area (Å²) in [5.41, 5.74) is -0.543. The maximum Gasteiger partial charge on any atom is 0.421 e. The van der Waals surface area contributed by atoms with Gasteiger partial charge in [-0.25, -0.2) is 9.36 Å². The van der Waals surface area contributed by atoms with E-state index < -0.39 is 11.7 Å². The number of halogens is 1. The molecule has 2 rings (SSSR count). The fourth-order valence-electron chi connectivity index (χ4n) is 1.82. The Morgan fingerprint density at radius 1 is 1.32 bits per heavy atom. The smallest absolute Gasteiger partial charge is 0.421 e. The topological polar surface area (TPSA) is 40.5 Å². The normalized spacial score (nSPS) is 11.6. The van der Waals surface area contributed by atoms with Crippen molar-refractivity contribution in [3.8, 4) is 5.88 Å². The van der Waals surface area contributed by atoms with E-state index in [9.17, 15) is 4.79 Å². The number of benzene rings is 1. The quantitative estimate of drug-likeness (QED) is 0.789. The largest absolute Gasteiger partial charge is 0.481 e. The van der Waals surface area contributed by atoms with Crippen LogP contribution in [0.2, 0.25) is 0 Å². The average Bonchev–Trinajstić information content (AvgIpc) is 2.64. The van der Waals surface area contributed by atoms with Gasteiger partial charge in [-0.2, -0.15) is 0 Å². The predicted molar refractivity (Wildman–Crippen MR) is 77.8 cm³/mol. The van der Waals surface area contributed by atoms with Gasteiger partial charge >= 0.3 is 6.09 Å². The van der Waals surface area contributed by atoms with Crippen LogP contribution in [-0.4, -0.2) is 23.4 Å². The number of carbonyl (C=O) groups is 1. The molecule has 5 heteroatoms. The lowest BCUT2D eigenvalue weighted by atomic mass is 10.2. The van der Waals surface area contributed by atoms with Gasteiger partial charge in [-0.05, 0) is 39.0 Å². The fraction of sp³-hybridized carbons (Fsp3) is 0.357. The van der Waals surface area contributed by atoms with Crippen LogP contribution >= 0.6 is 15.9 Å². The van der Waals surface area contributed by atoms with Crippen LogP contribution in [0.3, 0.4) is 0 Å². The Morgan fingerprint density at radius 3 is 2.58 bits per heavy atom. The molecule has 0 atom stereocenters. The lowest BCUT2D eigenvalue weighted by Crippen LogP contribution is -2.27. The van der Waals surface area contributed by atoms with Gasteiger partial charge in [-0.3, -0.25) is 0 Å². The molecule has 1 aromatic carbocycles. The number of carbonyl (C=O) groups excluding carboxylic acids is 1. The minimum Gasteiger partial charge on any atom is -0.481 e. The second kappa shape index (κ2) is 4.89. The molecule has 102 valence electrons. The van der Waals surface area contributed by atoms with Crippen LogP contribution in [0.4, 0.5) is 4.79 Å². The van der Waals surface area contributed by atoms with E-state index in [-0.39, 0.29) is 0 Å². The van der Waals surface area contributed by atoms with E-state index in [1.165, 1.54) is 11.7 Å². The molecular weight excluding hydrogens is 310 g/mol. The summed E-state index contributed by atoms with van der Waals surface area (Å²) in [7, 11) is 1.54. The molecule has 1 aromatic heterocycles. The molecule has 0 aliphatic rings. The zero-order chi connectivity index (χ0) is 14.2. The minimum atomic E-state index is -0.543. The van der Waals surface area contributed by atoms with Crippen LogP contribution in [0, 0.1) is 0 Å². The predicted octanol–water partition coefficient (Wildman–Crippen LogP) is 4.20. The molecule has 0 bridgehead atoms. The highest BCUT2D eigenvalue weighted by Gasteiger charge is 2.22. The van der Waals surface area contributed by atoms with Crippen LogP contribution in [0.25, 0.3) is 10.8 Å². The Balaban J connectivity index is 2.51. The summed E-state index contributed by atoms with van der Waals surface area (Å²) >= 11 is 3.41. The number of hydrogen-bond acceptors (Lipinski definition) is 3. The molecule has 4 nitrogen and oxygen atoms in total. The van der Waals surface area contributed by atoms with Crippen molar-refractivity contribution in [1.29, 1.82) is 0 Å². The van der Waals surface area contributed by atoms with Crippen molar-refractivity contribution in [3.63, 3.8) is 0 Å². The Labute approximate surface area is 120 Å². The molecule has 0 aliphatic heterocycles. The minimum absolute atomic E-state index is 0.448. The van der Waals surface area contributed by atoms with Crippen LogP contribution < -0.4 is 4.74 Å². The van der Waals surface area contributed by atoms with Crippen molar-refractivity contribution < 1.29 is 14.3 Å². The summed E-state index contributed by atoms with van der Waals surface area (Å²) in [5, 5.41) is 1.79. The van der Waals surface area contributed by atoms with Crippen LogP contribution in [0.5, 0.6) is 5.88 Å². The molecule has 19 heavy (non-hydrogen) atoms. The number of nitrogens with zero attached hydrogens (tertiary/aromatic N) is 1. The summed E-state index contributed by atoms with van der Waals surface area (Å²) in [5.74, 6) is 0.483. The molecule has 1 heterocycles. The first-order valence-electron chi connectivity index (χ1n) is 5.90. The average molecular weight is 326 g/mol. The fourth-order valence-corrected chi connectivity index (χ4v) is 2.20. The molecule has 0 fully saturated rings. The van der Waals surface area contributed by atoms with Gasteiger partial charge in [0, 0.05) is 21.4 Å². The van der Waals surface area contributed by atoms with Crippen LogP contribution in [-0.2, 0) is 4.74 Å². The van der Waals surface area contributed by atoms with Gasteiger partial charge in [-0.15, -0.1) is 0 Å². The van der Waals surface area contributed by atoms with Crippen molar-refractivity contribution in [3.05, 3.63) is 28.9 Å². The molecule has 0 spiro atoms. The van der Waals surface area contributed by atoms with Crippen molar-refractivity contribution in [1.82, 2.24) is 4.57 Å². The maximum atomic E-state index is 12.1. The highest BCUT2D eigenvalue weighted by atomic mass is 79.9. The van der Waals surface area contributed by atoms with Crippen LogP contribution in [0.1, 0.15) is 20.8 Å². The second-order valence-corrected chi connectivity index (χ2v) is 6.14. The van der Waals surface area contributed by atoms with E-state index in [0.29, 0.717) is 5.88 Å².